The monoisotopic (exact) mass is 380 g/mol. The van der Waals surface area contributed by atoms with Crippen molar-refractivity contribution in [2.24, 2.45) is 5.92 Å². The number of hydrogen-bond donors (Lipinski definition) is 0. The van der Waals surface area contributed by atoms with Crippen molar-refractivity contribution in [3.05, 3.63) is 35.9 Å². The van der Waals surface area contributed by atoms with Crippen molar-refractivity contribution in [2.45, 2.75) is 25.7 Å². The third-order valence-corrected chi connectivity index (χ3v) is 7.14. The Kier molecular flexibility index (Phi) is 6.67. The van der Waals surface area contributed by atoms with Crippen LogP contribution in [0.5, 0.6) is 0 Å². The number of hydrogen-bond acceptors (Lipinski definition) is 4. The molecule has 0 atom stereocenters. The number of ether oxygens (including phenoxy) is 1. The molecule has 0 N–H and O–H groups in total. The maximum absolute atomic E-state index is 12.4. The Morgan fingerprint density at radius 1 is 1.04 bits per heavy atom. The van der Waals surface area contributed by atoms with Gasteiger partial charge in [-0.3, -0.25) is 4.79 Å². The average molecular weight is 381 g/mol. The van der Waals surface area contributed by atoms with Crippen LogP contribution in [0.4, 0.5) is 0 Å². The van der Waals surface area contributed by atoms with E-state index in [9.17, 15) is 13.2 Å². The van der Waals surface area contributed by atoms with Crippen LogP contribution in [0.15, 0.2) is 30.3 Å². The lowest BCUT2D eigenvalue weighted by molar-refractivity contribution is -0.132. The molecule has 26 heavy (non-hydrogen) atoms. The summed E-state index contributed by atoms with van der Waals surface area (Å²) in [7, 11) is -3.36. The first-order valence-electron chi connectivity index (χ1n) is 9.42. The van der Waals surface area contributed by atoms with Gasteiger partial charge in [-0.1, -0.05) is 30.3 Å². The zero-order valence-electron chi connectivity index (χ0n) is 15.2. The van der Waals surface area contributed by atoms with Crippen LogP contribution in [0.3, 0.4) is 0 Å². The summed E-state index contributed by atoms with van der Waals surface area (Å²) in [6.07, 6.45) is 3.09. The lowest BCUT2D eigenvalue weighted by Crippen LogP contribution is -2.43. The molecule has 1 amide bonds. The van der Waals surface area contributed by atoms with Crippen LogP contribution in [0.25, 0.3) is 0 Å². The van der Waals surface area contributed by atoms with Crippen LogP contribution < -0.4 is 0 Å². The van der Waals surface area contributed by atoms with Crippen LogP contribution >= 0.6 is 0 Å². The largest absolute Gasteiger partial charge is 0.379 e. The minimum atomic E-state index is -3.36. The number of amides is 1. The molecule has 0 aliphatic carbocycles. The van der Waals surface area contributed by atoms with E-state index in [1.165, 1.54) is 9.87 Å². The normalized spacial score (nSPS) is 20.2. The molecule has 0 radical (unpaired) electrons. The molecule has 2 aliphatic heterocycles. The fraction of sp³-hybridized carbons (Fsp3) is 0.632. The van der Waals surface area contributed by atoms with Gasteiger partial charge in [-0.2, -0.15) is 4.31 Å². The number of carbonyl (C=O) groups is 1. The molecular weight excluding hydrogens is 352 g/mol. The Morgan fingerprint density at radius 3 is 2.35 bits per heavy atom. The second-order valence-electron chi connectivity index (χ2n) is 7.09. The van der Waals surface area contributed by atoms with Crippen molar-refractivity contribution in [1.82, 2.24) is 9.21 Å². The van der Waals surface area contributed by atoms with E-state index in [2.05, 4.69) is 24.3 Å². The first kappa shape index (κ1) is 19.3. The van der Waals surface area contributed by atoms with E-state index >= 15 is 0 Å². The molecule has 144 valence electrons. The summed E-state index contributed by atoms with van der Waals surface area (Å²) in [4.78, 5) is 14.2. The van der Waals surface area contributed by atoms with Crippen LogP contribution in [0, 0.1) is 5.92 Å². The molecule has 0 spiro atoms. The van der Waals surface area contributed by atoms with Gasteiger partial charge in [0, 0.05) is 32.6 Å². The first-order chi connectivity index (χ1) is 12.5. The second kappa shape index (κ2) is 8.97. The average Bonchev–Trinajstić information content (AvgIpc) is 2.68. The minimum absolute atomic E-state index is 0.0417. The summed E-state index contributed by atoms with van der Waals surface area (Å²) < 4.78 is 31.3. The van der Waals surface area contributed by atoms with Crippen molar-refractivity contribution in [1.29, 1.82) is 0 Å². The number of morpholine rings is 1. The molecule has 0 saturated carbocycles. The van der Waals surface area contributed by atoms with Crippen molar-refractivity contribution in [3.63, 3.8) is 0 Å². The van der Waals surface area contributed by atoms with Gasteiger partial charge in [0.2, 0.25) is 15.9 Å². The number of rotatable bonds is 6. The smallest absolute Gasteiger partial charge is 0.223 e. The van der Waals surface area contributed by atoms with Gasteiger partial charge in [0.05, 0.1) is 19.0 Å². The second-order valence-corrected chi connectivity index (χ2v) is 9.18. The molecule has 7 heteroatoms. The first-order valence-corrected chi connectivity index (χ1v) is 11.0. The number of sulfonamides is 1. The molecule has 0 bridgehead atoms. The third-order valence-electron chi connectivity index (χ3n) is 5.27. The fourth-order valence-electron chi connectivity index (χ4n) is 3.66. The number of piperidine rings is 1. The highest BCUT2D eigenvalue weighted by atomic mass is 32.2. The van der Waals surface area contributed by atoms with Gasteiger partial charge in [0.15, 0.2) is 0 Å². The molecule has 2 heterocycles. The lowest BCUT2D eigenvalue weighted by atomic mass is 9.90. The van der Waals surface area contributed by atoms with E-state index in [0.717, 1.165) is 32.4 Å². The van der Waals surface area contributed by atoms with E-state index in [-0.39, 0.29) is 18.1 Å². The summed E-state index contributed by atoms with van der Waals surface area (Å²) in [5.41, 5.74) is 1.34. The van der Waals surface area contributed by atoms with Gasteiger partial charge >= 0.3 is 0 Å². The van der Waals surface area contributed by atoms with Gasteiger partial charge in [0.25, 0.3) is 0 Å². The highest BCUT2D eigenvalue weighted by Crippen LogP contribution is 2.22. The molecule has 1 aromatic rings. The summed E-state index contributed by atoms with van der Waals surface area (Å²) in [5, 5.41) is 0. The molecule has 1 aromatic carbocycles. The molecule has 2 saturated heterocycles. The maximum atomic E-state index is 12.4. The Bertz CT molecular complexity index is 679. The van der Waals surface area contributed by atoms with Crippen molar-refractivity contribution in [3.8, 4) is 0 Å². The number of likely N-dealkylation sites (tertiary alicyclic amines) is 1. The van der Waals surface area contributed by atoms with E-state index in [0.29, 0.717) is 32.2 Å². The lowest BCUT2D eigenvalue weighted by Gasteiger charge is -2.32. The number of nitrogens with zero attached hydrogens (tertiary/aromatic N) is 2. The standard InChI is InChI=1S/C19H28N2O4S/c22-19(8-15-26(23,24)21-11-13-25-14-12-21)20-9-6-18(7-10-20)16-17-4-2-1-3-5-17/h1-5,18H,6-16H2. The van der Waals surface area contributed by atoms with Gasteiger partial charge in [-0.25, -0.2) is 8.42 Å². The number of carbonyl (C=O) groups excluding carboxylic acids is 1. The quantitative estimate of drug-likeness (QED) is 0.750. The van der Waals surface area contributed by atoms with Gasteiger partial charge in [-0.15, -0.1) is 0 Å². The van der Waals surface area contributed by atoms with Gasteiger partial charge in [-0.05, 0) is 30.7 Å². The van der Waals surface area contributed by atoms with Crippen LogP contribution in [-0.4, -0.2) is 68.7 Å². The number of benzene rings is 1. The third kappa shape index (κ3) is 5.28. The van der Waals surface area contributed by atoms with Crippen LogP contribution in [0.2, 0.25) is 0 Å². The maximum Gasteiger partial charge on any atom is 0.223 e. The fourth-order valence-corrected chi connectivity index (χ4v) is 5.06. The minimum Gasteiger partial charge on any atom is -0.379 e. The van der Waals surface area contributed by atoms with E-state index in [4.69, 9.17) is 4.74 Å². The Hall–Kier alpha value is -1.44. The van der Waals surface area contributed by atoms with E-state index < -0.39 is 10.0 Å². The van der Waals surface area contributed by atoms with Gasteiger partial charge < -0.3 is 9.64 Å². The zero-order valence-corrected chi connectivity index (χ0v) is 16.0. The molecule has 6 nitrogen and oxygen atoms in total. The zero-order chi connectivity index (χ0) is 18.4. The molecule has 2 aliphatic rings. The molecule has 3 rings (SSSR count). The molecule has 0 aromatic heterocycles. The Balaban J connectivity index is 1.42. The van der Waals surface area contributed by atoms with Gasteiger partial charge in [0.1, 0.15) is 0 Å². The highest BCUT2D eigenvalue weighted by Gasteiger charge is 2.27. The Morgan fingerprint density at radius 2 is 1.69 bits per heavy atom. The van der Waals surface area contributed by atoms with Crippen LogP contribution in [0.1, 0.15) is 24.8 Å². The van der Waals surface area contributed by atoms with E-state index in [1.807, 2.05) is 11.0 Å². The molecular formula is C19H28N2O4S. The van der Waals surface area contributed by atoms with Crippen molar-refractivity contribution >= 4 is 15.9 Å². The summed E-state index contributed by atoms with van der Waals surface area (Å²) in [5.74, 6) is 0.453. The van der Waals surface area contributed by atoms with Crippen LogP contribution in [-0.2, 0) is 26.0 Å². The SMILES string of the molecule is O=C(CCS(=O)(=O)N1CCOCC1)N1CCC(Cc2ccccc2)CC1. The Labute approximate surface area is 156 Å². The summed E-state index contributed by atoms with van der Waals surface area (Å²) >= 11 is 0. The predicted molar refractivity (Wildman–Crippen MR) is 100 cm³/mol. The van der Waals surface area contributed by atoms with Crippen molar-refractivity contribution in [2.75, 3.05) is 45.1 Å². The molecule has 0 unspecified atom stereocenters. The van der Waals surface area contributed by atoms with Crippen molar-refractivity contribution < 1.29 is 17.9 Å². The predicted octanol–water partition coefficient (Wildman–Crippen LogP) is 1.52. The molecule has 2 fully saturated rings. The highest BCUT2D eigenvalue weighted by molar-refractivity contribution is 7.89. The summed E-state index contributed by atoms with van der Waals surface area (Å²) in [6.45, 7) is 3.11. The summed E-state index contributed by atoms with van der Waals surface area (Å²) in [6, 6.07) is 10.4. The van der Waals surface area contributed by atoms with E-state index in [1.54, 1.807) is 0 Å². The topological polar surface area (TPSA) is 66.9 Å².